The van der Waals surface area contributed by atoms with Gasteiger partial charge in [-0.2, -0.15) is 0 Å². The number of aromatic nitrogens is 2. The van der Waals surface area contributed by atoms with Crippen molar-refractivity contribution in [3.63, 3.8) is 0 Å². The van der Waals surface area contributed by atoms with E-state index in [1.54, 1.807) is 4.90 Å². The second-order valence-electron chi connectivity index (χ2n) is 7.78. The molecule has 0 spiro atoms. The van der Waals surface area contributed by atoms with E-state index >= 15 is 0 Å². The zero-order valence-electron chi connectivity index (χ0n) is 15.2. The number of imidazole rings is 1. The number of fused-ring (bicyclic) bond motifs is 3. The third-order valence-electron chi connectivity index (χ3n) is 4.65. The van der Waals surface area contributed by atoms with Crippen molar-refractivity contribution in [1.82, 2.24) is 14.9 Å². The van der Waals surface area contributed by atoms with Gasteiger partial charge in [0, 0.05) is 16.4 Å². The van der Waals surface area contributed by atoms with Crippen LogP contribution >= 0.6 is 15.9 Å². The molecule has 1 saturated heterocycles. The van der Waals surface area contributed by atoms with Crippen molar-refractivity contribution in [3.8, 4) is 0 Å². The molecule has 1 N–H and O–H groups in total. The summed E-state index contributed by atoms with van der Waals surface area (Å²) in [6, 6.07) is 10.2. The third kappa shape index (κ3) is 3.18. The van der Waals surface area contributed by atoms with Crippen LogP contribution in [0.1, 0.15) is 45.5 Å². The van der Waals surface area contributed by atoms with Gasteiger partial charge in [-0.15, -0.1) is 0 Å². The number of rotatable bonds is 1. The lowest BCUT2D eigenvalue weighted by Crippen LogP contribution is -2.36. The second kappa shape index (κ2) is 6.27. The Balaban J connectivity index is 1.71. The maximum atomic E-state index is 12.6. The molecule has 136 valence electrons. The molecule has 0 radical (unpaired) electrons. The van der Waals surface area contributed by atoms with Gasteiger partial charge in [-0.3, -0.25) is 4.90 Å². The summed E-state index contributed by atoms with van der Waals surface area (Å²) < 4.78 is 6.62. The Morgan fingerprint density at radius 2 is 2.12 bits per heavy atom. The molecule has 6 heteroatoms. The number of nitrogens with one attached hydrogen (secondary N) is 1. The van der Waals surface area contributed by atoms with Crippen LogP contribution in [0.15, 0.2) is 34.8 Å². The molecular weight excluding hydrogens is 394 g/mol. The molecular formula is C20H22BrN3O2. The molecule has 5 nitrogen and oxygen atoms in total. The van der Waals surface area contributed by atoms with E-state index < -0.39 is 5.60 Å². The summed E-state index contributed by atoms with van der Waals surface area (Å²) in [6.07, 6.45) is 1.58. The van der Waals surface area contributed by atoms with Gasteiger partial charge in [-0.25, -0.2) is 9.78 Å². The number of ether oxygens (including phenoxy) is 1. The zero-order chi connectivity index (χ0) is 18.5. The first-order valence-electron chi connectivity index (χ1n) is 8.89. The minimum Gasteiger partial charge on any atom is -0.444 e. The van der Waals surface area contributed by atoms with Gasteiger partial charge in [0.05, 0.1) is 17.1 Å². The van der Waals surface area contributed by atoms with E-state index in [0.29, 0.717) is 6.54 Å². The number of carbonyl (C=O) groups is 1. The number of H-pyrrole nitrogens is 1. The monoisotopic (exact) mass is 415 g/mol. The van der Waals surface area contributed by atoms with Crippen LogP contribution in [-0.2, 0) is 4.74 Å². The SMILES string of the molecule is CC(C)(C)OC(=O)N1CCCC1c1nc2ccc3cc(Br)ccc3c2[nH]1. The van der Waals surface area contributed by atoms with Crippen molar-refractivity contribution in [2.45, 2.75) is 45.3 Å². The molecule has 2 aromatic carbocycles. The smallest absolute Gasteiger partial charge is 0.410 e. The van der Waals surface area contributed by atoms with Gasteiger partial charge in [0.25, 0.3) is 0 Å². The maximum Gasteiger partial charge on any atom is 0.410 e. The normalized spacial score (nSPS) is 18.0. The van der Waals surface area contributed by atoms with Crippen LogP contribution in [0, 0.1) is 0 Å². The maximum absolute atomic E-state index is 12.6. The molecule has 4 rings (SSSR count). The number of likely N-dealkylation sites (tertiary alicyclic amines) is 1. The van der Waals surface area contributed by atoms with Crippen LogP contribution in [0.4, 0.5) is 4.79 Å². The molecule has 1 unspecified atom stereocenters. The lowest BCUT2D eigenvalue weighted by Gasteiger charge is -2.27. The van der Waals surface area contributed by atoms with Gasteiger partial charge >= 0.3 is 6.09 Å². The fourth-order valence-electron chi connectivity index (χ4n) is 3.55. The average molecular weight is 416 g/mol. The fraction of sp³-hybridized carbons (Fsp3) is 0.400. The zero-order valence-corrected chi connectivity index (χ0v) is 16.8. The Morgan fingerprint density at radius 1 is 1.31 bits per heavy atom. The summed E-state index contributed by atoms with van der Waals surface area (Å²) in [4.78, 5) is 22.6. The Labute approximate surface area is 160 Å². The Kier molecular flexibility index (Phi) is 4.18. The first-order valence-corrected chi connectivity index (χ1v) is 9.69. The highest BCUT2D eigenvalue weighted by Crippen LogP contribution is 2.34. The molecule has 0 aliphatic carbocycles. The minimum atomic E-state index is -0.498. The number of hydrogen-bond donors (Lipinski definition) is 1. The van der Waals surface area contributed by atoms with E-state index in [2.05, 4.69) is 39.1 Å². The molecule has 1 amide bonds. The second-order valence-corrected chi connectivity index (χ2v) is 8.69. The molecule has 0 bridgehead atoms. The van der Waals surface area contributed by atoms with Gasteiger partial charge in [0.2, 0.25) is 0 Å². The number of amides is 1. The summed E-state index contributed by atoms with van der Waals surface area (Å²) >= 11 is 3.52. The average Bonchev–Trinajstić information content (AvgIpc) is 3.19. The van der Waals surface area contributed by atoms with Crippen molar-refractivity contribution < 1.29 is 9.53 Å². The van der Waals surface area contributed by atoms with Crippen molar-refractivity contribution in [1.29, 1.82) is 0 Å². The summed E-state index contributed by atoms with van der Waals surface area (Å²) in [5, 5.41) is 2.28. The highest BCUT2D eigenvalue weighted by Gasteiger charge is 2.35. The van der Waals surface area contributed by atoms with Crippen molar-refractivity contribution in [2.75, 3.05) is 6.54 Å². The van der Waals surface area contributed by atoms with Gasteiger partial charge in [-0.1, -0.05) is 28.1 Å². The molecule has 1 aliphatic rings. The van der Waals surface area contributed by atoms with Crippen LogP contribution in [0.25, 0.3) is 21.8 Å². The summed E-state index contributed by atoms with van der Waals surface area (Å²) in [7, 11) is 0. The molecule has 2 heterocycles. The Hall–Kier alpha value is -2.08. The van der Waals surface area contributed by atoms with Crippen LogP contribution < -0.4 is 0 Å². The molecule has 0 saturated carbocycles. The van der Waals surface area contributed by atoms with Crippen molar-refractivity contribution in [3.05, 3.63) is 40.6 Å². The summed E-state index contributed by atoms with van der Waals surface area (Å²) in [6.45, 7) is 6.37. The third-order valence-corrected chi connectivity index (χ3v) is 5.14. The lowest BCUT2D eigenvalue weighted by molar-refractivity contribution is 0.0219. The molecule has 1 atom stereocenters. The first-order chi connectivity index (χ1) is 12.3. The van der Waals surface area contributed by atoms with Gasteiger partial charge in [0.1, 0.15) is 11.4 Å². The summed E-state index contributed by atoms with van der Waals surface area (Å²) in [5.41, 5.74) is 1.44. The summed E-state index contributed by atoms with van der Waals surface area (Å²) in [5.74, 6) is 0.832. The van der Waals surface area contributed by atoms with E-state index in [9.17, 15) is 4.79 Å². The highest BCUT2D eigenvalue weighted by atomic mass is 79.9. The molecule has 1 aliphatic heterocycles. The molecule has 1 fully saturated rings. The number of nitrogens with zero attached hydrogens (tertiary/aromatic N) is 2. The predicted molar refractivity (Wildman–Crippen MR) is 106 cm³/mol. The molecule has 26 heavy (non-hydrogen) atoms. The van der Waals surface area contributed by atoms with E-state index in [-0.39, 0.29) is 12.1 Å². The number of carbonyl (C=O) groups excluding carboxylic acids is 1. The number of aromatic amines is 1. The van der Waals surface area contributed by atoms with E-state index in [4.69, 9.17) is 9.72 Å². The Morgan fingerprint density at radius 3 is 2.88 bits per heavy atom. The van der Waals surface area contributed by atoms with Crippen molar-refractivity contribution in [2.24, 2.45) is 0 Å². The molecule has 1 aromatic heterocycles. The van der Waals surface area contributed by atoms with E-state index in [1.165, 1.54) is 0 Å². The largest absolute Gasteiger partial charge is 0.444 e. The van der Waals surface area contributed by atoms with E-state index in [1.807, 2.05) is 32.9 Å². The Bertz CT molecular complexity index is 990. The topological polar surface area (TPSA) is 58.2 Å². The predicted octanol–water partition coefficient (Wildman–Crippen LogP) is 5.55. The van der Waals surface area contributed by atoms with Gasteiger partial charge in [-0.05, 0) is 57.2 Å². The van der Waals surface area contributed by atoms with E-state index in [0.717, 1.165) is 44.9 Å². The van der Waals surface area contributed by atoms with Crippen LogP contribution in [0.3, 0.4) is 0 Å². The molecule has 3 aromatic rings. The number of hydrogen-bond acceptors (Lipinski definition) is 3. The standard InChI is InChI=1S/C20H22BrN3O2/c1-20(2,3)26-19(25)24-10-4-5-16(24)18-22-15-9-6-12-11-13(21)7-8-14(12)17(15)23-18/h6-9,11,16H,4-5,10H2,1-3H3,(H,22,23). The first kappa shape index (κ1) is 17.3. The lowest BCUT2D eigenvalue weighted by atomic mass is 10.1. The quantitative estimate of drug-likeness (QED) is 0.566. The van der Waals surface area contributed by atoms with Crippen LogP contribution in [-0.4, -0.2) is 33.1 Å². The van der Waals surface area contributed by atoms with Gasteiger partial charge in [0.15, 0.2) is 0 Å². The number of halogens is 1. The van der Waals surface area contributed by atoms with Crippen molar-refractivity contribution >= 4 is 43.8 Å². The minimum absolute atomic E-state index is 0.0669. The van der Waals surface area contributed by atoms with Crippen LogP contribution in [0.5, 0.6) is 0 Å². The fourth-order valence-corrected chi connectivity index (χ4v) is 3.93. The number of benzene rings is 2. The van der Waals surface area contributed by atoms with Crippen LogP contribution in [0.2, 0.25) is 0 Å². The van der Waals surface area contributed by atoms with Gasteiger partial charge < -0.3 is 9.72 Å². The highest BCUT2D eigenvalue weighted by molar-refractivity contribution is 9.10.